The van der Waals surface area contributed by atoms with Crippen LogP contribution in [0.5, 0.6) is 0 Å². The second-order valence-electron chi connectivity index (χ2n) is 7.11. The molecule has 2 aromatic rings. The van der Waals surface area contributed by atoms with E-state index in [2.05, 4.69) is 16.1 Å². The zero-order valence-corrected chi connectivity index (χ0v) is 19.0. The Labute approximate surface area is 195 Å². The van der Waals surface area contributed by atoms with E-state index in [0.29, 0.717) is 44.0 Å². The molecule has 1 fully saturated rings. The molecular weight excluding hydrogens is 490 g/mol. The summed E-state index contributed by atoms with van der Waals surface area (Å²) >= 11 is 3.20. The number of anilines is 1. The van der Waals surface area contributed by atoms with Crippen LogP contribution in [0.3, 0.4) is 0 Å². The second kappa shape index (κ2) is 10.1. The highest BCUT2D eigenvalue weighted by Gasteiger charge is 2.71. The van der Waals surface area contributed by atoms with Crippen LogP contribution >= 0.6 is 23.3 Å². The average molecular weight is 511 g/mol. The van der Waals surface area contributed by atoms with Crippen LogP contribution in [-0.2, 0) is 10.3 Å². The van der Waals surface area contributed by atoms with Gasteiger partial charge in [-0.2, -0.15) is 26.3 Å². The van der Waals surface area contributed by atoms with E-state index in [-0.39, 0.29) is 12.2 Å². The number of nitrogens with zero attached hydrogens (tertiary/aromatic N) is 2. The molecule has 1 aromatic heterocycles. The second-order valence-corrected chi connectivity index (χ2v) is 9.46. The highest BCUT2D eigenvalue weighted by atomic mass is 32.2. The van der Waals surface area contributed by atoms with Crippen molar-refractivity contribution in [1.82, 2.24) is 4.31 Å². The van der Waals surface area contributed by atoms with Gasteiger partial charge in [-0.1, -0.05) is 24.0 Å². The molecule has 180 valence electrons. The zero-order valence-electron chi connectivity index (χ0n) is 17.3. The molecule has 1 N–H and O–H groups in total. The molecule has 1 saturated heterocycles. The summed E-state index contributed by atoms with van der Waals surface area (Å²) in [5, 5.41) is 11.7. The van der Waals surface area contributed by atoms with Gasteiger partial charge in [0.2, 0.25) is 0 Å². The maximum absolute atomic E-state index is 13.3. The van der Waals surface area contributed by atoms with Gasteiger partial charge in [0.1, 0.15) is 6.61 Å². The SMILES string of the molecule is COCC#Cc1cc(C(O)(C(F)(F)F)C(F)(F)F)ccc1N1CCN(Sc2cccs2)CC1. The van der Waals surface area contributed by atoms with Gasteiger partial charge in [0.05, 0.1) is 9.90 Å². The van der Waals surface area contributed by atoms with Gasteiger partial charge in [0.25, 0.3) is 5.60 Å². The number of thiophene rings is 1. The van der Waals surface area contributed by atoms with E-state index in [0.717, 1.165) is 10.3 Å². The van der Waals surface area contributed by atoms with Gasteiger partial charge in [-0.05, 0) is 35.5 Å². The summed E-state index contributed by atoms with van der Waals surface area (Å²) in [6, 6.07) is 6.40. The van der Waals surface area contributed by atoms with E-state index in [1.165, 1.54) is 7.11 Å². The van der Waals surface area contributed by atoms with E-state index in [4.69, 9.17) is 4.74 Å². The van der Waals surface area contributed by atoms with Crippen LogP contribution in [0.1, 0.15) is 11.1 Å². The molecule has 3 rings (SSSR count). The Morgan fingerprint density at radius 3 is 2.27 bits per heavy atom. The maximum atomic E-state index is 13.3. The fourth-order valence-electron chi connectivity index (χ4n) is 3.29. The summed E-state index contributed by atoms with van der Waals surface area (Å²) in [7, 11) is 1.36. The zero-order chi connectivity index (χ0) is 24.3. The summed E-state index contributed by atoms with van der Waals surface area (Å²) in [6.45, 7) is 2.20. The summed E-state index contributed by atoms with van der Waals surface area (Å²) < 4.78 is 88.1. The molecule has 0 bridgehead atoms. The molecule has 2 heterocycles. The van der Waals surface area contributed by atoms with E-state index < -0.39 is 23.5 Å². The number of rotatable bonds is 5. The van der Waals surface area contributed by atoms with Crippen molar-refractivity contribution in [2.24, 2.45) is 0 Å². The van der Waals surface area contributed by atoms with Crippen molar-refractivity contribution in [3.05, 3.63) is 46.8 Å². The monoisotopic (exact) mass is 510 g/mol. The van der Waals surface area contributed by atoms with Crippen LogP contribution in [0.25, 0.3) is 0 Å². The molecule has 0 atom stereocenters. The van der Waals surface area contributed by atoms with Crippen molar-refractivity contribution in [2.75, 3.05) is 44.8 Å². The fourth-order valence-corrected chi connectivity index (χ4v) is 5.13. The number of benzene rings is 1. The first-order valence-corrected chi connectivity index (χ1v) is 11.3. The van der Waals surface area contributed by atoms with Crippen molar-refractivity contribution in [1.29, 1.82) is 0 Å². The normalized spacial score (nSPS) is 15.9. The number of piperazine rings is 1. The summed E-state index contributed by atoms with van der Waals surface area (Å²) in [5.41, 5.74) is -5.99. The van der Waals surface area contributed by atoms with E-state index >= 15 is 0 Å². The summed E-state index contributed by atoms with van der Waals surface area (Å²) in [4.78, 5) is 1.85. The van der Waals surface area contributed by atoms with Crippen LogP contribution in [0.4, 0.5) is 32.0 Å². The first-order chi connectivity index (χ1) is 15.5. The molecule has 0 radical (unpaired) electrons. The molecule has 0 spiro atoms. The molecule has 12 heteroatoms. The van der Waals surface area contributed by atoms with Gasteiger partial charge in [-0.25, -0.2) is 4.31 Å². The first kappa shape index (κ1) is 25.7. The van der Waals surface area contributed by atoms with Gasteiger partial charge >= 0.3 is 12.4 Å². The van der Waals surface area contributed by atoms with Crippen LogP contribution in [-0.4, -0.2) is 61.7 Å². The van der Waals surface area contributed by atoms with Crippen molar-refractivity contribution in [3.63, 3.8) is 0 Å². The number of alkyl halides is 6. The van der Waals surface area contributed by atoms with Crippen LogP contribution < -0.4 is 4.90 Å². The number of hydrogen-bond acceptors (Lipinski definition) is 6. The minimum absolute atomic E-state index is 0.0455. The number of methoxy groups -OCH3 is 1. The largest absolute Gasteiger partial charge is 0.430 e. The lowest BCUT2D eigenvalue weighted by Crippen LogP contribution is -2.54. The maximum Gasteiger partial charge on any atom is 0.430 e. The lowest BCUT2D eigenvalue weighted by Gasteiger charge is -2.36. The fraction of sp³-hybridized carbons (Fsp3) is 0.429. The molecule has 1 aliphatic rings. The average Bonchev–Trinajstić information content (AvgIpc) is 3.25. The quantitative estimate of drug-likeness (QED) is 0.352. The van der Waals surface area contributed by atoms with Gasteiger partial charge in [-0.15, -0.1) is 11.3 Å². The predicted molar refractivity (Wildman–Crippen MR) is 115 cm³/mol. The molecule has 1 aliphatic heterocycles. The molecule has 33 heavy (non-hydrogen) atoms. The number of ether oxygens (including phenoxy) is 1. The van der Waals surface area contributed by atoms with Crippen LogP contribution in [0.15, 0.2) is 39.9 Å². The Bertz CT molecular complexity index is 977. The van der Waals surface area contributed by atoms with E-state index in [9.17, 15) is 31.4 Å². The topological polar surface area (TPSA) is 35.9 Å². The number of halogens is 6. The standard InChI is InChI=1S/C21H20F6N2O2S2/c1-31-12-2-4-15-14-16(19(30,20(22,23)24)21(25,26)27)6-7-17(15)28-8-10-29(11-9-28)33-18-5-3-13-32-18/h3,5-7,13-14,30H,8-12H2,1H3. The third-order valence-corrected chi connectivity index (χ3v) is 7.08. The minimum Gasteiger partial charge on any atom is -0.372 e. The van der Waals surface area contributed by atoms with Crippen molar-refractivity contribution in [2.45, 2.75) is 22.2 Å². The summed E-state index contributed by atoms with van der Waals surface area (Å²) in [6.07, 6.45) is -11.9. The smallest absolute Gasteiger partial charge is 0.372 e. The molecule has 0 unspecified atom stereocenters. The van der Waals surface area contributed by atoms with Gasteiger partial charge in [0, 0.05) is 44.4 Å². The highest BCUT2D eigenvalue weighted by Crippen LogP contribution is 2.50. The van der Waals surface area contributed by atoms with Gasteiger partial charge in [0.15, 0.2) is 0 Å². The lowest BCUT2D eigenvalue weighted by atomic mass is 9.90. The molecule has 0 amide bonds. The molecule has 1 aromatic carbocycles. The Hall–Kier alpha value is -1.91. The predicted octanol–water partition coefficient (Wildman–Crippen LogP) is 4.89. The molecular formula is C21H20F6N2O2S2. The number of hydrogen-bond donors (Lipinski definition) is 1. The first-order valence-electron chi connectivity index (χ1n) is 9.67. The minimum atomic E-state index is -5.96. The third kappa shape index (κ3) is 5.60. The van der Waals surface area contributed by atoms with E-state index in [1.807, 2.05) is 22.4 Å². The third-order valence-electron chi connectivity index (χ3n) is 4.97. The Kier molecular flexibility index (Phi) is 7.91. The molecule has 4 nitrogen and oxygen atoms in total. The highest BCUT2D eigenvalue weighted by molar-refractivity contribution is 7.98. The van der Waals surface area contributed by atoms with E-state index in [1.54, 1.807) is 23.3 Å². The van der Waals surface area contributed by atoms with Crippen molar-refractivity contribution >= 4 is 29.0 Å². The lowest BCUT2D eigenvalue weighted by molar-refractivity contribution is -0.376. The number of aliphatic hydroxyl groups is 1. The van der Waals surface area contributed by atoms with Crippen molar-refractivity contribution in [3.8, 4) is 11.8 Å². The summed E-state index contributed by atoms with van der Waals surface area (Å²) in [5.74, 6) is 5.16. The Morgan fingerprint density at radius 2 is 1.73 bits per heavy atom. The Balaban J connectivity index is 1.90. The van der Waals surface area contributed by atoms with Gasteiger partial charge < -0.3 is 14.7 Å². The Morgan fingerprint density at radius 1 is 1.06 bits per heavy atom. The molecule has 0 saturated carbocycles. The molecule has 0 aliphatic carbocycles. The van der Waals surface area contributed by atoms with Gasteiger partial charge in [-0.3, -0.25) is 0 Å². The van der Waals surface area contributed by atoms with Crippen molar-refractivity contribution < 1.29 is 36.2 Å². The van der Waals surface area contributed by atoms with Crippen LogP contribution in [0.2, 0.25) is 0 Å². The van der Waals surface area contributed by atoms with Crippen LogP contribution in [0, 0.1) is 11.8 Å².